The summed E-state index contributed by atoms with van der Waals surface area (Å²) in [5.41, 5.74) is 6.00. The fourth-order valence-electron chi connectivity index (χ4n) is 8.74. The van der Waals surface area contributed by atoms with E-state index in [9.17, 15) is 9.18 Å². The van der Waals surface area contributed by atoms with E-state index in [4.69, 9.17) is 0 Å². The lowest BCUT2D eigenvalue weighted by Gasteiger charge is -2.61. The average Bonchev–Trinajstić information content (AvgIpc) is 3.39. The van der Waals surface area contributed by atoms with Crippen molar-refractivity contribution >= 4 is 16.8 Å². The zero-order chi connectivity index (χ0) is 24.0. The number of H-pyrrole nitrogens is 1. The molecule has 1 amide bonds. The standard InChI is InChI=1S/C32H29FN2O/c33-23-11-9-22(10-12-23)29-28(26-7-3-4-8-27(26)34-29)30-24-5-1-2-6-25(24)31(36)35(30)32-16-19-13-20(17-32)15-21(14-19)18-32/h1-12,19-21,30,34H,13-18H2. The molecule has 2 heterocycles. The van der Waals surface area contributed by atoms with Gasteiger partial charge in [-0.15, -0.1) is 0 Å². The number of aromatic amines is 1. The smallest absolute Gasteiger partial charge is 0.255 e. The summed E-state index contributed by atoms with van der Waals surface area (Å²) in [6, 6.07) is 23.2. The monoisotopic (exact) mass is 476 g/mol. The van der Waals surface area contributed by atoms with Crippen molar-refractivity contribution in [1.82, 2.24) is 9.88 Å². The van der Waals surface area contributed by atoms with E-state index in [0.717, 1.165) is 75.9 Å². The first kappa shape index (κ1) is 20.8. The minimum atomic E-state index is -0.243. The van der Waals surface area contributed by atoms with Gasteiger partial charge in [0.05, 0.1) is 11.7 Å². The molecule has 0 spiro atoms. The molecule has 4 fully saturated rings. The Kier molecular flexibility index (Phi) is 4.22. The van der Waals surface area contributed by atoms with Crippen molar-refractivity contribution in [3.05, 3.63) is 95.3 Å². The van der Waals surface area contributed by atoms with E-state index in [1.165, 1.54) is 31.4 Å². The maximum atomic E-state index is 14.3. The Morgan fingerprint density at radius 2 is 1.44 bits per heavy atom. The van der Waals surface area contributed by atoms with Crippen LogP contribution in [0.3, 0.4) is 0 Å². The molecule has 0 radical (unpaired) electrons. The molecule has 3 nitrogen and oxygen atoms in total. The third-order valence-corrected chi connectivity index (χ3v) is 9.63. The molecule has 4 aliphatic carbocycles. The number of aromatic nitrogens is 1. The Hall–Kier alpha value is -3.40. The van der Waals surface area contributed by atoms with Gasteiger partial charge in [0.15, 0.2) is 0 Å². The van der Waals surface area contributed by atoms with Gasteiger partial charge in [0.1, 0.15) is 5.82 Å². The number of rotatable bonds is 3. The molecule has 1 aliphatic heterocycles. The highest BCUT2D eigenvalue weighted by molar-refractivity contribution is 6.02. The Morgan fingerprint density at radius 3 is 2.17 bits per heavy atom. The van der Waals surface area contributed by atoms with E-state index in [1.54, 1.807) is 0 Å². The largest absolute Gasteiger partial charge is 0.354 e. The molecule has 1 aromatic heterocycles. The molecule has 4 aromatic rings. The van der Waals surface area contributed by atoms with Crippen LogP contribution in [0.2, 0.25) is 0 Å². The van der Waals surface area contributed by atoms with Gasteiger partial charge in [0.2, 0.25) is 0 Å². The number of nitrogens with zero attached hydrogens (tertiary/aromatic N) is 1. The summed E-state index contributed by atoms with van der Waals surface area (Å²) in [5.74, 6) is 2.18. The van der Waals surface area contributed by atoms with Crippen molar-refractivity contribution in [1.29, 1.82) is 0 Å². The van der Waals surface area contributed by atoms with Crippen LogP contribution in [0.15, 0.2) is 72.8 Å². The molecule has 4 saturated carbocycles. The van der Waals surface area contributed by atoms with Crippen molar-refractivity contribution in [3.8, 4) is 11.3 Å². The lowest BCUT2D eigenvalue weighted by atomic mass is 9.52. The van der Waals surface area contributed by atoms with Crippen molar-refractivity contribution in [2.75, 3.05) is 0 Å². The summed E-state index contributed by atoms with van der Waals surface area (Å²) in [4.78, 5) is 20.3. The van der Waals surface area contributed by atoms with Crippen LogP contribution < -0.4 is 0 Å². The summed E-state index contributed by atoms with van der Waals surface area (Å²) in [6.07, 6.45) is 7.41. The highest BCUT2D eigenvalue weighted by atomic mass is 19.1. The summed E-state index contributed by atoms with van der Waals surface area (Å²) >= 11 is 0. The number of amides is 1. The molecule has 4 bridgehead atoms. The average molecular weight is 477 g/mol. The minimum absolute atomic E-state index is 0.0754. The fourth-order valence-corrected chi connectivity index (χ4v) is 8.74. The summed E-state index contributed by atoms with van der Waals surface area (Å²) in [6.45, 7) is 0. The van der Waals surface area contributed by atoms with Crippen molar-refractivity contribution in [2.45, 2.75) is 50.1 Å². The third-order valence-electron chi connectivity index (χ3n) is 9.63. The third kappa shape index (κ3) is 2.81. The number of halogens is 1. The SMILES string of the molecule is O=C1c2ccccc2C(c2c(-c3ccc(F)cc3)[nH]c3ccccc23)N1C12CC3CC(CC(C3)C1)C2. The topological polar surface area (TPSA) is 36.1 Å². The predicted molar refractivity (Wildman–Crippen MR) is 139 cm³/mol. The first-order chi connectivity index (χ1) is 17.6. The fraction of sp³-hybridized carbons (Fsp3) is 0.344. The normalized spacial score (nSPS) is 30.4. The first-order valence-corrected chi connectivity index (χ1v) is 13.4. The van der Waals surface area contributed by atoms with E-state index >= 15 is 0 Å². The Morgan fingerprint density at radius 1 is 0.806 bits per heavy atom. The first-order valence-electron chi connectivity index (χ1n) is 13.4. The molecule has 180 valence electrons. The molecule has 0 saturated heterocycles. The van der Waals surface area contributed by atoms with Gasteiger partial charge in [-0.25, -0.2) is 4.39 Å². The van der Waals surface area contributed by atoms with Gasteiger partial charge in [-0.05, 0) is 104 Å². The Balaban J connectivity index is 1.39. The van der Waals surface area contributed by atoms with E-state index < -0.39 is 0 Å². The molecule has 5 aliphatic rings. The van der Waals surface area contributed by atoms with Gasteiger partial charge in [-0.3, -0.25) is 4.79 Å². The molecule has 1 atom stereocenters. The van der Waals surface area contributed by atoms with Gasteiger partial charge in [-0.1, -0.05) is 36.4 Å². The van der Waals surface area contributed by atoms with Gasteiger partial charge < -0.3 is 9.88 Å². The van der Waals surface area contributed by atoms with E-state index in [0.29, 0.717) is 0 Å². The number of fused-ring (bicyclic) bond motifs is 2. The van der Waals surface area contributed by atoms with Crippen LogP contribution in [0, 0.1) is 23.6 Å². The predicted octanol–water partition coefficient (Wildman–Crippen LogP) is 7.49. The minimum Gasteiger partial charge on any atom is -0.354 e. The lowest BCUT2D eigenvalue weighted by Crippen LogP contribution is -2.61. The number of para-hydroxylation sites is 1. The summed E-state index contributed by atoms with van der Waals surface area (Å²) < 4.78 is 13.9. The van der Waals surface area contributed by atoms with Crippen LogP contribution in [0.4, 0.5) is 4.39 Å². The number of nitrogens with one attached hydrogen (secondary N) is 1. The number of benzene rings is 3. The molecular weight excluding hydrogens is 447 g/mol. The van der Waals surface area contributed by atoms with Crippen LogP contribution in [-0.2, 0) is 0 Å². The molecule has 3 aromatic carbocycles. The second kappa shape index (κ2) is 7.32. The molecule has 9 rings (SSSR count). The summed E-state index contributed by atoms with van der Waals surface area (Å²) in [5, 5.41) is 1.14. The Bertz CT molecular complexity index is 1480. The summed E-state index contributed by atoms with van der Waals surface area (Å²) in [7, 11) is 0. The number of carbonyl (C=O) groups is 1. The van der Waals surface area contributed by atoms with Crippen molar-refractivity contribution in [2.24, 2.45) is 17.8 Å². The number of carbonyl (C=O) groups excluding carboxylic acids is 1. The number of hydrogen-bond acceptors (Lipinski definition) is 1. The molecule has 1 N–H and O–H groups in total. The van der Waals surface area contributed by atoms with E-state index in [-0.39, 0.29) is 23.3 Å². The zero-order valence-corrected chi connectivity index (χ0v) is 20.2. The van der Waals surface area contributed by atoms with Crippen molar-refractivity contribution in [3.63, 3.8) is 0 Å². The zero-order valence-electron chi connectivity index (χ0n) is 20.2. The van der Waals surface area contributed by atoms with Gasteiger partial charge in [0, 0.05) is 27.6 Å². The van der Waals surface area contributed by atoms with Crippen LogP contribution in [0.25, 0.3) is 22.2 Å². The highest BCUT2D eigenvalue weighted by Crippen LogP contribution is 2.61. The molecule has 36 heavy (non-hydrogen) atoms. The lowest BCUT2D eigenvalue weighted by molar-refractivity contribution is -0.0805. The molecule has 1 unspecified atom stereocenters. The van der Waals surface area contributed by atoms with Gasteiger partial charge in [0.25, 0.3) is 5.91 Å². The quantitative estimate of drug-likeness (QED) is 0.327. The molecule has 4 heteroatoms. The maximum Gasteiger partial charge on any atom is 0.255 e. The second-order valence-corrected chi connectivity index (χ2v) is 11.8. The van der Waals surface area contributed by atoms with E-state index in [2.05, 4.69) is 40.2 Å². The van der Waals surface area contributed by atoms with Gasteiger partial charge in [-0.2, -0.15) is 0 Å². The van der Waals surface area contributed by atoms with Crippen LogP contribution >= 0.6 is 0 Å². The van der Waals surface area contributed by atoms with Crippen LogP contribution in [-0.4, -0.2) is 21.3 Å². The van der Waals surface area contributed by atoms with Crippen LogP contribution in [0.5, 0.6) is 0 Å². The number of hydrogen-bond donors (Lipinski definition) is 1. The Labute approximate surface area is 210 Å². The highest BCUT2D eigenvalue weighted by Gasteiger charge is 2.58. The second-order valence-electron chi connectivity index (χ2n) is 11.8. The van der Waals surface area contributed by atoms with Crippen LogP contribution in [0.1, 0.15) is 66.1 Å². The molecular formula is C32H29FN2O. The van der Waals surface area contributed by atoms with Crippen molar-refractivity contribution < 1.29 is 9.18 Å². The maximum absolute atomic E-state index is 14.3. The van der Waals surface area contributed by atoms with Gasteiger partial charge >= 0.3 is 0 Å². The van der Waals surface area contributed by atoms with E-state index in [1.807, 2.05) is 30.3 Å².